The van der Waals surface area contributed by atoms with Crippen LogP contribution in [0.25, 0.3) is 5.70 Å². The summed E-state index contributed by atoms with van der Waals surface area (Å²) in [6, 6.07) is 18.9. The Balaban J connectivity index is 1.48. The molecule has 38 heavy (non-hydrogen) atoms. The molecule has 0 aromatic heterocycles. The second-order valence-corrected chi connectivity index (χ2v) is 8.74. The second kappa shape index (κ2) is 9.78. The maximum Gasteiger partial charge on any atom is 0.343 e. The number of nitrogens with one attached hydrogen (secondary N) is 1. The van der Waals surface area contributed by atoms with Crippen LogP contribution < -0.4 is 10.1 Å². The first kappa shape index (κ1) is 24.6. The second-order valence-electron chi connectivity index (χ2n) is 8.74. The van der Waals surface area contributed by atoms with Crippen molar-refractivity contribution in [3.63, 3.8) is 0 Å². The number of ether oxygens (including phenoxy) is 2. The van der Waals surface area contributed by atoms with E-state index in [0.717, 1.165) is 5.56 Å². The number of carbonyl (C=O) groups is 3. The minimum Gasteiger partial charge on any atom is -0.463 e. The number of nitro benzene ring substituents is 1. The van der Waals surface area contributed by atoms with Gasteiger partial charge in [0.1, 0.15) is 5.75 Å². The van der Waals surface area contributed by atoms with Crippen molar-refractivity contribution in [2.75, 3.05) is 6.61 Å². The van der Waals surface area contributed by atoms with E-state index in [1.165, 1.54) is 24.3 Å². The number of carbonyl (C=O) groups excluding carboxylic acids is 3. The Morgan fingerprint density at radius 2 is 1.61 bits per heavy atom. The highest BCUT2D eigenvalue weighted by molar-refractivity contribution is 6.23. The first-order valence-electron chi connectivity index (χ1n) is 11.9. The summed E-state index contributed by atoms with van der Waals surface area (Å²) < 4.78 is 10.8. The van der Waals surface area contributed by atoms with Gasteiger partial charge < -0.3 is 14.8 Å². The molecule has 3 aromatic rings. The zero-order valence-corrected chi connectivity index (χ0v) is 20.5. The number of esters is 2. The highest BCUT2D eigenvalue weighted by Gasteiger charge is 2.42. The van der Waals surface area contributed by atoms with Crippen LogP contribution in [0, 0.1) is 10.1 Å². The molecule has 9 heteroatoms. The predicted molar refractivity (Wildman–Crippen MR) is 137 cm³/mol. The Kier molecular flexibility index (Phi) is 6.34. The summed E-state index contributed by atoms with van der Waals surface area (Å²) in [5, 5.41) is 14.1. The molecule has 1 aliphatic carbocycles. The van der Waals surface area contributed by atoms with Crippen LogP contribution in [0.1, 0.15) is 51.6 Å². The van der Waals surface area contributed by atoms with Crippen molar-refractivity contribution in [2.24, 2.45) is 0 Å². The molecule has 1 atom stereocenters. The highest BCUT2D eigenvalue weighted by atomic mass is 16.6. The topological polar surface area (TPSA) is 125 Å². The molecule has 5 rings (SSSR count). The molecule has 9 nitrogen and oxygen atoms in total. The summed E-state index contributed by atoms with van der Waals surface area (Å²) >= 11 is 0. The number of hydrogen-bond acceptors (Lipinski definition) is 8. The molecule has 0 spiro atoms. The van der Waals surface area contributed by atoms with E-state index in [0.29, 0.717) is 33.7 Å². The van der Waals surface area contributed by atoms with Crippen molar-refractivity contribution in [1.82, 2.24) is 5.32 Å². The van der Waals surface area contributed by atoms with Gasteiger partial charge in [-0.2, -0.15) is 0 Å². The number of dihydropyridines is 1. The molecule has 0 saturated heterocycles. The summed E-state index contributed by atoms with van der Waals surface area (Å²) in [4.78, 5) is 49.4. The lowest BCUT2D eigenvalue weighted by atomic mass is 9.80. The van der Waals surface area contributed by atoms with Gasteiger partial charge in [0.25, 0.3) is 5.69 Å². The third kappa shape index (κ3) is 4.24. The van der Waals surface area contributed by atoms with Crippen LogP contribution in [0.3, 0.4) is 0 Å². The van der Waals surface area contributed by atoms with Crippen molar-refractivity contribution in [1.29, 1.82) is 0 Å². The molecule has 0 amide bonds. The SMILES string of the molecule is CCOC(=O)C1=C(C)NC2=C(C(=O)c3ccccc32)C1c1ccc(OC(=O)c2ccc([N+](=O)[O-])cc2)cc1. The van der Waals surface area contributed by atoms with Crippen LogP contribution in [-0.4, -0.2) is 29.3 Å². The Bertz CT molecular complexity index is 1550. The average molecular weight is 511 g/mol. The van der Waals surface area contributed by atoms with Gasteiger partial charge in [0.05, 0.1) is 28.4 Å². The number of nitro groups is 1. The van der Waals surface area contributed by atoms with Crippen molar-refractivity contribution in [3.05, 3.63) is 122 Å². The lowest BCUT2D eigenvalue weighted by molar-refractivity contribution is -0.384. The van der Waals surface area contributed by atoms with Crippen molar-refractivity contribution >= 4 is 29.1 Å². The van der Waals surface area contributed by atoms with Gasteiger partial charge in [-0.1, -0.05) is 36.4 Å². The van der Waals surface area contributed by atoms with Crippen LogP contribution in [0.2, 0.25) is 0 Å². The van der Waals surface area contributed by atoms with Crippen LogP contribution in [0.5, 0.6) is 5.75 Å². The summed E-state index contributed by atoms with van der Waals surface area (Å²) in [5.41, 5.74) is 4.04. The molecule has 0 radical (unpaired) electrons. The van der Waals surface area contributed by atoms with Crippen LogP contribution in [-0.2, 0) is 9.53 Å². The standard InChI is InChI=1S/C29H22N2O7/c1-3-37-29(34)23-16(2)30-26-21-6-4-5-7-22(21)27(32)25(26)24(23)17-10-14-20(15-11-17)38-28(33)18-8-12-19(13-9-18)31(35)36/h4-15,24,30H,3H2,1-2H3. The molecule has 0 fully saturated rings. The van der Waals surface area contributed by atoms with Crippen molar-refractivity contribution < 1.29 is 28.8 Å². The van der Waals surface area contributed by atoms with Crippen LogP contribution in [0.4, 0.5) is 5.69 Å². The molecule has 1 aliphatic heterocycles. The van der Waals surface area contributed by atoms with Crippen molar-refractivity contribution in [2.45, 2.75) is 19.8 Å². The summed E-state index contributed by atoms with van der Waals surface area (Å²) in [5.74, 6) is -1.82. The Morgan fingerprint density at radius 1 is 0.947 bits per heavy atom. The van der Waals surface area contributed by atoms with Gasteiger partial charge in [0, 0.05) is 40.4 Å². The molecule has 1 heterocycles. The summed E-state index contributed by atoms with van der Waals surface area (Å²) in [7, 11) is 0. The number of allylic oxidation sites excluding steroid dienone is 2. The molecule has 190 valence electrons. The van der Waals surface area contributed by atoms with Crippen molar-refractivity contribution in [3.8, 4) is 5.75 Å². The molecule has 1 N–H and O–H groups in total. The lowest BCUT2D eigenvalue weighted by Crippen LogP contribution is -2.29. The zero-order chi connectivity index (χ0) is 27.0. The fourth-order valence-electron chi connectivity index (χ4n) is 4.76. The smallest absolute Gasteiger partial charge is 0.343 e. The molecule has 3 aromatic carbocycles. The van der Waals surface area contributed by atoms with E-state index < -0.39 is 22.8 Å². The molecular weight excluding hydrogens is 488 g/mol. The Morgan fingerprint density at radius 3 is 2.24 bits per heavy atom. The first-order chi connectivity index (χ1) is 18.3. The number of hydrogen-bond donors (Lipinski definition) is 1. The number of non-ortho nitro benzene ring substituents is 1. The van der Waals surface area contributed by atoms with E-state index in [4.69, 9.17) is 9.47 Å². The molecular formula is C29H22N2O7. The van der Waals surface area contributed by atoms with Gasteiger partial charge in [-0.25, -0.2) is 9.59 Å². The average Bonchev–Trinajstić information content (AvgIpc) is 3.20. The quantitative estimate of drug-likeness (QED) is 0.214. The third-order valence-electron chi connectivity index (χ3n) is 6.48. The predicted octanol–water partition coefficient (Wildman–Crippen LogP) is 4.95. The highest BCUT2D eigenvalue weighted by Crippen LogP contribution is 2.46. The van der Waals surface area contributed by atoms with Gasteiger partial charge >= 0.3 is 11.9 Å². The summed E-state index contributed by atoms with van der Waals surface area (Å²) in [6.07, 6.45) is 0. The molecule has 0 saturated carbocycles. The third-order valence-corrected chi connectivity index (χ3v) is 6.48. The van der Waals surface area contributed by atoms with Gasteiger partial charge in [-0.15, -0.1) is 0 Å². The normalized spacial score (nSPS) is 15.9. The fourth-order valence-corrected chi connectivity index (χ4v) is 4.76. The number of benzene rings is 3. The van der Waals surface area contributed by atoms with E-state index in [9.17, 15) is 24.5 Å². The van der Waals surface area contributed by atoms with Crippen LogP contribution >= 0.6 is 0 Å². The van der Waals surface area contributed by atoms with E-state index in [2.05, 4.69) is 5.32 Å². The molecule has 1 unspecified atom stereocenters. The minimum absolute atomic E-state index is 0.133. The van der Waals surface area contributed by atoms with E-state index >= 15 is 0 Å². The number of fused-ring (bicyclic) bond motifs is 2. The van der Waals surface area contributed by atoms with E-state index in [1.54, 1.807) is 50.2 Å². The van der Waals surface area contributed by atoms with E-state index in [-0.39, 0.29) is 29.4 Å². The maximum atomic E-state index is 13.5. The minimum atomic E-state index is -0.690. The largest absolute Gasteiger partial charge is 0.463 e. The number of ketones is 1. The number of nitrogens with zero attached hydrogens (tertiary/aromatic N) is 1. The zero-order valence-electron chi connectivity index (χ0n) is 20.5. The van der Waals surface area contributed by atoms with E-state index in [1.807, 2.05) is 12.1 Å². The number of rotatable bonds is 6. The Labute approximate surface area is 217 Å². The first-order valence-corrected chi connectivity index (χ1v) is 11.9. The maximum absolute atomic E-state index is 13.5. The van der Waals surface area contributed by atoms with Gasteiger partial charge in [0.15, 0.2) is 5.78 Å². The molecule has 2 aliphatic rings. The lowest BCUT2D eigenvalue weighted by Gasteiger charge is -2.29. The summed E-state index contributed by atoms with van der Waals surface area (Å²) in [6.45, 7) is 3.67. The molecule has 0 bridgehead atoms. The van der Waals surface area contributed by atoms with Gasteiger partial charge in [-0.3, -0.25) is 14.9 Å². The Hall–Kier alpha value is -5.05. The van der Waals surface area contributed by atoms with Gasteiger partial charge in [0.2, 0.25) is 0 Å². The van der Waals surface area contributed by atoms with Gasteiger partial charge in [-0.05, 0) is 43.7 Å². The monoisotopic (exact) mass is 510 g/mol. The fraction of sp³-hybridized carbons (Fsp3) is 0.138. The van der Waals surface area contributed by atoms with Crippen LogP contribution in [0.15, 0.2) is 89.6 Å². The number of Topliss-reactive ketones (excluding diaryl/α,β-unsaturated/α-hetero) is 1.